The number of aliphatic carboxylic acids is 1. The van der Waals surface area contributed by atoms with Crippen LogP contribution in [-0.2, 0) is 14.4 Å². The summed E-state index contributed by atoms with van der Waals surface area (Å²) in [5.41, 5.74) is 0. The second-order valence-electron chi connectivity index (χ2n) is 6.56. The largest absolute Gasteiger partial charge is 0.480 e. The van der Waals surface area contributed by atoms with Gasteiger partial charge in [-0.2, -0.15) is 0 Å². The van der Waals surface area contributed by atoms with Crippen LogP contribution in [0.15, 0.2) is 0 Å². The predicted octanol–water partition coefficient (Wildman–Crippen LogP) is 3.39. The van der Waals surface area contributed by atoms with Crippen LogP contribution in [0.5, 0.6) is 0 Å². The Balaban J connectivity index is 3.20. The summed E-state index contributed by atoms with van der Waals surface area (Å²) >= 11 is 0. The molecule has 0 unspecified atom stereocenters. The van der Waals surface area contributed by atoms with Gasteiger partial charge in [0.25, 0.3) is 0 Å². The van der Waals surface area contributed by atoms with E-state index in [0.29, 0.717) is 12.8 Å². The van der Waals surface area contributed by atoms with Crippen molar-refractivity contribution in [1.82, 2.24) is 10.6 Å². The van der Waals surface area contributed by atoms with Gasteiger partial charge in [-0.1, -0.05) is 58.3 Å². The highest BCUT2D eigenvalue weighted by Crippen LogP contribution is 2.12. The highest BCUT2D eigenvalue weighted by Gasteiger charge is 2.03. The fraction of sp³-hybridized carbons (Fsp3) is 0.842. The van der Waals surface area contributed by atoms with E-state index in [-0.39, 0.29) is 18.4 Å². The lowest BCUT2D eigenvalue weighted by Gasteiger charge is -2.04. The van der Waals surface area contributed by atoms with Crippen LogP contribution in [0.2, 0.25) is 0 Å². The van der Waals surface area contributed by atoms with Gasteiger partial charge in [-0.05, 0) is 19.3 Å². The molecule has 0 aliphatic heterocycles. The monoisotopic (exact) mass is 356 g/mol. The topological polar surface area (TPSA) is 95.5 Å². The van der Waals surface area contributed by atoms with Crippen molar-refractivity contribution in [3.63, 3.8) is 0 Å². The third-order valence-electron chi connectivity index (χ3n) is 4.07. The van der Waals surface area contributed by atoms with E-state index in [9.17, 15) is 14.4 Å². The number of carbonyl (C=O) groups is 3. The fourth-order valence-corrected chi connectivity index (χ4v) is 2.60. The molecule has 6 heteroatoms. The number of hydrogen-bond acceptors (Lipinski definition) is 3. The summed E-state index contributed by atoms with van der Waals surface area (Å²) in [6.45, 7) is 2.55. The third-order valence-corrected chi connectivity index (χ3v) is 4.07. The first kappa shape index (κ1) is 23.4. The van der Waals surface area contributed by atoms with Crippen molar-refractivity contribution in [3.8, 4) is 0 Å². The Labute approximate surface area is 152 Å². The molecule has 0 heterocycles. The van der Waals surface area contributed by atoms with Gasteiger partial charge in [0.1, 0.15) is 6.54 Å². The van der Waals surface area contributed by atoms with Gasteiger partial charge in [0, 0.05) is 19.4 Å². The van der Waals surface area contributed by atoms with Crippen LogP contribution in [-0.4, -0.2) is 36.0 Å². The minimum Gasteiger partial charge on any atom is -0.480 e. The van der Waals surface area contributed by atoms with Crippen LogP contribution in [0.4, 0.5) is 0 Å². The lowest BCUT2D eigenvalue weighted by atomic mass is 10.0. The third kappa shape index (κ3) is 18.6. The number of unbranched alkanes of at least 4 members (excludes halogenated alkanes) is 9. The molecule has 3 N–H and O–H groups in total. The van der Waals surface area contributed by atoms with E-state index in [0.717, 1.165) is 45.1 Å². The van der Waals surface area contributed by atoms with Gasteiger partial charge in [-0.25, -0.2) is 0 Å². The highest BCUT2D eigenvalue weighted by atomic mass is 16.4. The Hall–Kier alpha value is -1.59. The molecule has 0 saturated heterocycles. The van der Waals surface area contributed by atoms with Crippen molar-refractivity contribution in [2.45, 2.75) is 90.4 Å². The van der Waals surface area contributed by atoms with Crippen LogP contribution >= 0.6 is 0 Å². The molecule has 0 saturated carbocycles. The summed E-state index contributed by atoms with van der Waals surface area (Å²) in [5, 5.41) is 13.7. The van der Waals surface area contributed by atoms with Gasteiger partial charge in [0.2, 0.25) is 11.8 Å². The van der Waals surface area contributed by atoms with Gasteiger partial charge in [0.05, 0.1) is 0 Å². The van der Waals surface area contributed by atoms with E-state index in [1.54, 1.807) is 0 Å². The van der Waals surface area contributed by atoms with Crippen molar-refractivity contribution >= 4 is 17.8 Å². The molecular weight excluding hydrogens is 320 g/mol. The van der Waals surface area contributed by atoms with Gasteiger partial charge in [0.15, 0.2) is 0 Å². The molecule has 0 radical (unpaired) electrons. The minimum atomic E-state index is -1.01. The molecule has 2 amide bonds. The summed E-state index contributed by atoms with van der Waals surface area (Å²) in [6.07, 6.45) is 13.2. The highest BCUT2D eigenvalue weighted by molar-refractivity contribution is 5.80. The van der Waals surface area contributed by atoms with E-state index >= 15 is 0 Å². The zero-order valence-corrected chi connectivity index (χ0v) is 15.8. The SMILES string of the molecule is CCCNC(=O)CCCCCCCCCCCCC(=O)NCC(=O)O. The number of hydrogen-bond donors (Lipinski definition) is 3. The van der Waals surface area contributed by atoms with Crippen molar-refractivity contribution in [2.75, 3.05) is 13.1 Å². The number of nitrogens with one attached hydrogen (secondary N) is 2. The van der Waals surface area contributed by atoms with Crippen LogP contribution in [0, 0.1) is 0 Å². The Bertz CT molecular complexity index is 372. The molecule has 0 bridgehead atoms. The Kier molecular flexibility index (Phi) is 16.1. The van der Waals surface area contributed by atoms with E-state index < -0.39 is 5.97 Å². The first-order chi connectivity index (χ1) is 12.1. The zero-order valence-electron chi connectivity index (χ0n) is 15.8. The molecule has 146 valence electrons. The second-order valence-corrected chi connectivity index (χ2v) is 6.56. The van der Waals surface area contributed by atoms with E-state index in [4.69, 9.17) is 5.11 Å². The molecule has 0 fully saturated rings. The van der Waals surface area contributed by atoms with Gasteiger partial charge in [-0.15, -0.1) is 0 Å². The number of carbonyl (C=O) groups excluding carboxylic acids is 2. The molecule has 0 aromatic rings. The van der Waals surface area contributed by atoms with Crippen LogP contribution in [0.1, 0.15) is 90.4 Å². The summed E-state index contributed by atoms with van der Waals surface area (Å²) in [6, 6.07) is 0. The van der Waals surface area contributed by atoms with Crippen molar-refractivity contribution in [3.05, 3.63) is 0 Å². The Morgan fingerprint density at radius 1 is 0.680 bits per heavy atom. The zero-order chi connectivity index (χ0) is 18.8. The standard InChI is InChI=1S/C19H36N2O4/c1-2-15-20-17(22)13-11-9-7-5-3-4-6-8-10-12-14-18(23)21-16-19(24)25/h2-16H2,1H3,(H,20,22)(H,21,23)(H,24,25). The summed E-state index contributed by atoms with van der Waals surface area (Å²) in [5.74, 6) is -1.00. The average molecular weight is 357 g/mol. The Morgan fingerprint density at radius 3 is 1.48 bits per heavy atom. The fourth-order valence-electron chi connectivity index (χ4n) is 2.60. The number of carboxylic acid groups (broad SMARTS) is 1. The van der Waals surface area contributed by atoms with Crippen molar-refractivity contribution < 1.29 is 19.5 Å². The molecular formula is C19H36N2O4. The molecule has 0 aliphatic carbocycles. The molecule has 6 nitrogen and oxygen atoms in total. The minimum absolute atomic E-state index is 0.175. The normalized spacial score (nSPS) is 10.4. The maximum absolute atomic E-state index is 11.4. The first-order valence-electron chi connectivity index (χ1n) is 9.81. The van der Waals surface area contributed by atoms with E-state index in [2.05, 4.69) is 17.6 Å². The van der Waals surface area contributed by atoms with Gasteiger partial charge >= 0.3 is 5.97 Å². The van der Waals surface area contributed by atoms with Gasteiger partial charge < -0.3 is 15.7 Å². The second kappa shape index (κ2) is 17.2. The predicted molar refractivity (Wildman–Crippen MR) is 99.4 cm³/mol. The Morgan fingerprint density at radius 2 is 1.08 bits per heavy atom. The molecule has 0 aromatic heterocycles. The number of carboxylic acids is 1. The lowest BCUT2D eigenvalue weighted by Crippen LogP contribution is -2.28. The summed E-state index contributed by atoms with van der Waals surface area (Å²) in [4.78, 5) is 33.0. The number of amides is 2. The smallest absolute Gasteiger partial charge is 0.322 e. The van der Waals surface area contributed by atoms with Crippen LogP contribution in [0.25, 0.3) is 0 Å². The average Bonchev–Trinajstić information content (AvgIpc) is 2.58. The van der Waals surface area contributed by atoms with Crippen molar-refractivity contribution in [2.24, 2.45) is 0 Å². The molecule has 0 atom stereocenters. The van der Waals surface area contributed by atoms with Crippen LogP contribution < -0.4 is 10.6 Å². The van der Waals surface area contributed by atoms with E-state index in [1.807, 2.05) is 0 Å². The van der Waals surface area contributed by atoms with Crippen LogP contribution in [0.3, 0.4) is 0 Å². The van der Waals surface area contributed by atoms with Crippen molar-refractivity contribution in [1.29, 1.82) is 0 Å². The molecule has 0 aromatic carbocycles. The molecule has 0 spiro atoms. The molecule has 25 heavy (non-hydrogen) atoms. The number of rotatable bonds is 17. The maximum atomic E-state index is 11.4. The summed E-state index contributed by atoms with van der Waals surface area (Å²) < 4.78 is 0. The van der Waals surface area contributed by atoms with Gasteiger partial charge in [-0.3, -0.25) is 14.4 Å². The maximum Gasteiger partial charge on any atom is 0.322 e. The quantitative estimate of drug-likeness (QED) is 0.348. The molecule has 0 rings (SSSR count). The summed E-state index contributed by atoms with van der Waals surface area (Å²) in [7, 11) is 0. The lowest BCUT2D eigenvalue weighted by molar-refractivity contribution is -0.138. The first-order valence-corrected chi connectivity index (χ1v) is 9.81. The molecule has 0 aliphatic rings. The van der Waals surface area contributed by atoms with E-state index in [1.165, 1.54) is 32.1 Å².